The summed E-state index contributed by atoms with van der Waals surface area (Å²) in [5, 5.41) is 0.588. The summed E-state index contributed by atoms with van der Waals surface area (Å²) in [7, 11) is 0. The second-order valence-electron chi connectivity index (χ2n) is 6.07. The lowest BCUT2D eigenvalue weighted by molar-refractivity contribution is 0.500. The summed E-state index contributed by atoms with van der Waals surface area (Å²) in [4.78, 5) is 11.1. The van der Waals surface area contributed by atoms with E-state index in [1.807, 2.05) is 0 Å². The number of hydrogen-bond acceptors (Lipinski definition) is 3. The van der Waals surface area contributed by atoms with Crippen LogP contribution in [0.4, 0.5) is 5.82 Å². The van der Waals surface area contributed by atoms with E-state index in [9.17, 15) is 0 Å². The number of hydrogen-bond donors (Lipinski definition) is 0. The van der Waals surface area contributed by atoms with Crippen LogP contribution in [0, 0.1) is 5.92 Å². The third kappa shape index (κ3) is 4.08. The third-order valence-electron chi connectivity index (χ3n) is 3.61. The molecule has 0 aromatic carbocycles. The number of aromatic nitrogens is 2. The molecule has 4 heteroatoms. The number of halogens is 1. The van der Waals surface area contributed by atoms with Gasteiger partial charge in [-0.2, -0.15) is 0 Å². The summed E-state index contributed by atoms with van der Waals surface area (Å²) >= 11 is 6.32. The number of rotatable bonds is 7. The second kappa shape index (κ2) is 7.82. The van der Waals surface area contributed by atoms with Crippen molar-refractivity contribution in [2.75, 3.05) is 11.4 Å². The molecule has 0 aliphatic carbocycles. The van der Waals surface area contributed by atoms with Crippen LogP contribution < -0.4 is 4.90 Å². The first-order chi connectivity index (χ1) is 9.42. The van der Waals surface area contributed by atoms with Crippen molar-refractivity contribution < 1.29 is 0 Å². The van der Waals surface area contributed by atoms with Crippen molar-refractivity contribution in [1.82, 2.24) is 9.97 Å². The molecule has 114 valence electrons. The maximum absolute atomic E-state index is 6.32. The van der Waals surface area contributed by atoms with E-state index in [4.69, 9.17) is 11.6 Å². The minimum atomic E-state index is 0.322. The molecule has 1 heterocycles. The second-order valence-corrected chi connectivity index (χ2v) is 6.43. The van der Waals surface area contributed by atoms with Crippen molar-refractivity contribution in [3.63, 3.8) is 0 Å². The Labute approximate surface area is 128 Å². The molecule has 0 radical (unpaired) electrons. The Kier molecular flexibility index (Phi) is 6.74. The SMILES string of the molecule is CCC(CC)N(CC(C)C)c1ncnc(Cl)c1C(C)C. The summed E-state index contributed by atoms with van der Waals surface area (Å²) in [5.74, 6) is 1.93. The summed E-state index contributed by atoms with van der Waals surface area (Å²) in [5.41, 5.74) is 1.07. The molecule has 3 nitrogen and oxygen atoms in total. The van der Waals surface area contributed by atoms with Gasteiger partial charge in [0.1, 0.15) is 17.3 Å². The first kappa shape index (κ1) is 17.2. The molecule has 1 aromatic heterocycles. The molecule has 0 aliphatic heterocycles. The maximum Gasteiger partial charge on any atom is 0.138 e. The Morgan fingerprint density at radius 2 is 1.70 bits per heavy atom. The molecule has 0 amide bonds. The summed E-state index contributed by atoms with van der Waals surface area (Å²) in [6.07, 6.45) is 3.81. The molecule has 0 aliphatic rings. The maximum atomic E-state index is 6.32. The molecule has 0 N–H and O–H groups in total. The summed E-state index contributed by atoms with van der Waals surface area (Å²) in [6.45, 7) is 14.3. The Hall–Kier alpha value is -0.830. The highest BCUT2D eigenvalue weighted by molar-refractivity contribution is 6.30. The lowest BCUT2D eigenvalue weighted by Gasteiger charge is -2.35. The van der Waals surface area contributed by atoms with Crippen LogP contribution in [-0.2, 0) is 0 Å². The predicted molar refractivity (Wildman–Crippen MR) is 87.7 cm³/mol. The topological polar surface area (TPSA) is 29.0 Å². The summed E-state index contributed by atoms with van der Waals surface area (Å²) in [6, 6.07) is 0.501. The lowest BCUT2D eigenvalue weighted by atomic mass is 10.0. The number of nitrogens with zero attached hydrogens (tertiary/aromatic N) is 3. The molecule has 1 aromatic rings. The van der Waals surface area contributed by atoms with Crippen molar-refractivity contribution >= 4 is 17.4 Å². The minimum absolute atomic E-state index is 0.322. The van der Waals surface area contributed by atoms with E-state index in [-0.39, 0.29) is 0 Å². The first-order valence-electron chi connectivity index (χ1n) is 7.69. The molecule has 0 atom stereocenters. The molecule has 0 saturated carbocycles. The molecule has 20 heavy (non-hydrogen) atoms. The highest BCUT2D eigenvalue weighted by Gasteiger charge is 2.24. The van der Waals surface area contributed by atoms with Gasteiger partial charge in [-0.15, -0.1) is 0 Å². The van der Waals surface area contributed by atoms with E-state index in [0.29, 0.717) is 23.0 Å². The van der Waals surface area contributed by atoms with Crippen LogP contribution in [0.25, 0.3) is 0 Å². The summed E-state index contributed by atoms with van der Waals surface area (Å²) < 4.78 is 0. The van der Waals surface area contributed by atoms with Crippen molar-refractivity contribution in [2.24, 2.45) is 5.92 Å². The van der Waals surface area contributed by atoms with Crippen molar-refractivity contribution in [1.29, 1.82) is 0 Å². The van der Waals surface area contributed by atoms with Crippen LogP contribution >= 0.6 is 11.6 Å². The average molecular weight is 298 g/mol. The zero-order valence-electron chi connectivity index (χ0n) is 13.7. The fourth-order valence-corrected chi connectivity index (χ4v) is 2.97. The molecule has 0 saturated heterocycles. The van der Waals surface area contributed by atoms with Gasteiger partial charge in [0, 0.05) is 18.2 Å². The number of anilines is 1. The Bertz CT molecular complexity index is 414. The van der Waals surface area contributed by atoms with E-state index in [2.05, 4.69) is 56.4 Å². The molecule has 0 fully saturated rings. The lowest BCUT2D eigenvalue weighted by Crippen LogP contribution is -2.38. The molecule has 1 rings (SSSR count). The monoisotopic (exact) mass is 297 g/mol. The van der Waals surface area contributed by atoms with Gasteiger partial charge < -0.3 is 4.90 Å². The van der Waals surface area contributed by atoms with Crippen LogP contribution in [0.2, 0.25) is 5.15 Å². The first-order valence-corrected chi connectivity index (χ1v) is 8.07. The largest absolute Gasteiger partial charge is 0.353 e. The Balaban J connectivity index is 3.29. The van der Waals surface area contributed by atoms with E-state index in [1.165, 1.54) is 0 Å². The van der Waals surface area contributed by atoms with E-state index in [1.54, 1.807) is 6.33 Å². The fourth-order valence-electron chi connectivity index (χ4n) is 2.62. The van der Waals surface area contributed by atoms with Gasteiger partial charge in [0.05, 0.1) is 0 Å². The van der Waals surface area contributed by atoms with E-state index < -0.39 is 0 Å². The van der Waals surface area contributed by atoms with Gasteiger partial charge >= 0.3 is 0 Å². The van der Waals surface area contributed by atoms with Crippen LogP contribution in [-0.4, -0.2) is 22.6 Å². The van der Waals surface area contributed by atoms with Crippen LogP contribution in [0.5, 0.6) is 0 Å². The highest BCUT2D eigenvalue weighted by Crippen LogP contribution is 2.32. The zero-order valence-corrected chi connectivity index (χ0v) is 14.4. The molecular formula is C16H28ClN3. The van der Waals surface area contributed by atoms with Gasteiger partial charge in [-0.3, -0.25) is 0 Å². The molecule has 0 spiro atoms. The quantitative estimate of drug-likeness (QED) is 0.670. The van der Waals surface area contributed by atoms with Crippen LogP contribution in [0.3, 0.4) is 0 Å². The van der Waals surface area contributed by atoms with Crippen LogP contribution in [0.15, 0.2) is 6.33 Å². The van der Waals surface area contributed by atoms with Crippen molar-refractivity contribution in [3.05, 3.63) is 17.0 Å². The van der Waals surface area contributed by atoms with Gasteiger partial charge in [-0.1, -0.05) is 53.1 Å². The minimum Gasteiger partial charge on any atom is -0.353 e. The smallest absolute Gasteiger partial charge is 0.138 e. The Morgan fingerprint density at radius 1 is 1.10 bits per heavy atom. The normalized spacial score (nSPS) is 11.7. The van der Waals surface area contributed by atoms with Gasteiger partial charge in [0.15, 0.2) is 0 Å². The average Bonchev–Trinajstić information content (AvgIpc) is 2.37. The molecular weight excluding hydrogens is 270 g/mol. The van der Waals surface area contributed by atoms with Crippen molar-refractivity contribution in [2.45, 2.75) is 66.3 Å². The fraction of sp³-hybridized carbons (Fsp3) is 0.750. The van der Waals surface area contributed by atoms with Gasteiger partial charge in [0.25, 0.3) is 0 Å². The highest BCUT2D eigenvalue weighted by atomic mass is 35.5. The molecule has 0 unspecified atom stereocenters. The van der Waals surface area contributed by atoms with E-state index >= 15 is 0 Å². The van der Waals surface area contributed by atoms with Gasteiger partial charge in [-0.05, 0) is 24.7 Å². The predicted octanol–water partition coefficient (Wildman–Crippen LogP) is 4.90. The van der Waals surface area contributed by atoms with Crippen LogP contribution in [0.1, 0.15) is 65.9 Å². The standard InChI is InChI=1S/C16H28ClN3/c1-7-13(8-2)20(9-11(3)4)16-14(12(5)6)15(17)18-10-19-16/h10-13H,7-9H2,1-6H3. The van der Waals surface area contributed by atoms with E-state index in [0.717, 1.165) is 30.8 Å². The third-order valence-corrected chi connectivity index (χ3v) is 3.91. The van der Waals surface area contributed by atoms with Crippen molar-refractivity contribution in [3.8, 4) is 0 Å². The van der Waals surface area contributed by atoms with Gasteiger partial charge in [0.2, 0.25) is 0 Å². The van der Waals surface area contributed by atoms with Gasteiger partial charge in [-0.25, -0.2) is 9.97 Å². The molecule has 0 bridgehead atoms. The Morgan fingerprint density at radius 3 is 2.15 bits per heavy atom. The zero-order chi connectivity index (χ0) is 15.3.